The molecule has 1 saturated heterocycles. The lowest BCUT2D eigenvalue weighted by Crippen LogP contribution is -2.74. The lowest BCUT2D eigenvalue weighted by molar-refractivity contribution is -0.230. The van der Waals surface area contributed by atoms with Gasteiger partial charge in [0.1, 0.15) is 24.2 Å². The van der Waals surface area contributed by atoms with E-state index >= 15 is 0 Å². The van der Waals surface area contributed by atoms with Gasteiger partial charge in [-0.3, -0.25) is 24.6 Å². The third-order valence-electron chi connectivity index (χ3n) is 3.74. The maximum absolute atomic E-state index is 12.4. The third-order valence-corrected chi connectivity index (χ3v) is 4.61. The van der Waals surface area contributed by atoms with Crippen molar-refractivity contribution in [3.63, 3.8) is 0 Å². The second-order valence-corrected chi connectivity index (χ2v) is 7.06. The number of carbonyl (C=O) groups is 4. The first kappa shape index (κ1) is 22.9. The quantitative estimate of drug-likeness (QED) is 0.235. The Balaban J connectivity index is 3.44. The number of ketones is 1. The van der Waals surface area contributed by atoms with Gasteiger partial charge < -0.3 is 30.4 Å². The Labute approximate surface area is 159 Å². The highest BCUT2D eigenvalue weighted by Gasteiger charge is 2.61. The molecule has 1 rings (SSSR count). The Bertz CT molecular complexity index is 643. The molecule has 0 radical (unpaired) electrons. The molecule has 0 aliphatic carbocycles. The van der Waals surface area contributed by atoms with Gasteiger partial charge in [0, 0.05) is 20.8 Å². The van der Waals surface area contributed by atoms with E-state index in [9.17, 15) is 24.3 Å². The van der Waals surface area contributed by atoms with Crippen LogP contribution in [0, 0.1) is 5.41 Å². The van der Waals surface area contributed by atoms with Crippen LogP contribution in [-0.4, -0.2) is 69.8 Å². The van der Waals surface area contributed by atoms with E-state index < -0.39 is 64.7 Å². The second kappa shape index (κ2) is 9.15. The molecule has 0 aromatic carbocycles. The Kier molecular flexibility index (Phi) is 7.75. The molecule has 0 aromatic heterocycles. The summed E-state index contributed by atoms with van der Waals surface area (Å²) in [5, 5.41) is 20.6. The van der Waals surface area contributed by atoms with Crippen LogP contribution in [0.1, 0.15) is 27.7 Å². The van der Waals surface area contributed by atoms with E-state index in [1.807, 2.05) is 0 Å². The minimum absolute atomic E-state index is 0.404. The van der Waals surface area contributed by atoms with Crippen molar-refractivity contribution in [1.82, 2.24) is 5.32 Å². The molecule has 0 spiro atoms. The number of carbonyl (C=O) groups excluding carboxylic acids is 4. The summed E-state index contributed by atoms with van der Waals surface area (Å²) >= 11 is 0.635. The Morgan fingerprint density at radius 3 is 2.22 bits per heavy atom. The molecule has 0 aromatic rings. The van der Waals surface area contributed by atoms with Gasteiger partial charge in [-0.1, -0.05) is 11.8 Å². The van der Waals surface area contributed by atoms with Crippen molar-refractivity contribution in [2.24, 2.45) is 5.73 Å². The Morgan fingerprint density at radius 2 is 1.81 bits per heavy atom. The van der Waals surface area contributed by atoms with Crippen LogP contribution >= 0.6 is 11.8 Å². The summed E-state index contributed by atoms with van der Waals surface area (Å²) in [4.78, 5) is 46.7. The number of hydrogen-bond donors (Lipinski definition) is 4. The summed E-state index contributed by atoms with van der Waals surface area (Å²) in [5.41, 5.74) is 1.78. The van der Waals surface area contributed by atoms with Crippen LogP contribution in [0.5, 0.6) is 0 Å². The summed E-state index contributed by atoms with van der Waals surface area (Å²) in [6.07, 6.45) is -2.82. The number of hydrogen-bond acceptors (Lipinski definition) is 10. The number of rotatable bonds is 6. The van der Waals surface area contributed by atoms with Gasteiger partial charge in [-0.2, -0.15) is 0 Å². The largest absolute Gasteiger partial charge is 0.463 e. The van der Waals surface area contributed by atoms with Crippen molar-refractivity contribution in [3.05, 3.63) is 0 Å². The van der Waals surface area contributed by atoms with Gasteiger partial charge in [-0.15, -0.1) is 0 Å². The van der Waals surface area contributed by atoms with Gasteiger partial charge in [0.2, 0.25) is 5.91 Å². The number of nitrogens with one attached hydrogen (secondary N) is 2. The molecule has 0 saturated carbocycles. The summed E-state index contributed by atoms with van der Waals surface area (Å²) in [7, 11) is 0. The van der Waals surface area contributed by atoms with Gasteiger partial charge in [0.25, 0.3) is 0 Å². The number of thioether (sulfide) groups is 1. The molecule has 11 nitrogen and oxygen atoms in total. The summed E-state index contributed by atoms with van der Waals surface area (Å²) < 4.78 is 15.7. The van der Waals surface area contributed by atoms with Crippen molar-refractivity contribution in [3.8, 4) is 0 Å². The maximum atomic E-state index is 12.4. The zero-order chi connectivity index (χ0) is 20.9. The highest BCUT2D eigenvalue weighted by atomic mass is 32.2. The van der Waals surface area contributed by atoms with Crippen molar-refractivity contribution in [2.75, 3.05) is 6.61 Å². The molecule has 12 heteroatoms. The monoisotopic (exact) mass is 405 g/mol. The lowest BCUT2D eigenvalue weighted by Gasteiger charge is -2.49. The molecule has 5 N–H and O–H groups in total. The van der Waals surface area contributed by atoms with Crippen LogP contribution < -0.4 is 11.1 Å². The number of aliphatic hydroxyl groups is 1. The number of amides is 1. The van der Waals surface area contributed by atoms with E-state index in [1.165, 1.54) is 0 Å². The summed E-state index contributed by atoms with van der Waals surface area (Å²) in [5.74, 6) is -2.91. The van der Waals surface area contributed by atoms with Crippen LogP contribution in [0.25, 0.3) is 0 Å². The van der Waals surface area contributed by atoms with Gasteiger partial charge in [-0.25, -0.2) is 0 Å². The Morgan fingerprint density at radius 1 is 1.22 bits per heavy atom. The lowest BCUT2D eigenvalue weighted by atomic mass is 9.79. The second-order valence-electron chi connectivity index (χ2n) is 5.92. The smallest absolute Gasteiger partial charge is 0.303 e. The molecule has 1 amide bonds. The molecular formula is C15H23N3O8S. The summed E-state index contributed by atoms with van der Waals surface area (Å²) in [6, 6.07) is -1.39. The zero-order valence-electron chi connectivity index (χ0n) is 15.3. The summed E-state index contributed by atoms with van der Waals surface area (Å²) in [6.45, 7) is 3.97. The van der Waals surface area contributed by atoms with Crippen LogP contribution in [-0.2, 0) is 33.4 Å². The molecule has 1 aliphatic heterocycles. The van der Waals surface area contributed by atoms with E-state index in [1.54, 1.807) is 0 Å². The van der Waals surface area contributed by atoms with Crippen LogP contribution in [0.2, 0.25) is 0 Å². The van der Waals surface area contributed by atoms with Crippen molar-refractivity contribution in [2.45, 2.75) is 57.0 Å². The fraction of sp³-hybridized carbons (Fsp3) is 0.667. The highest BCUT2D eigenvalue weighted by Crippen LogP contribution is 2.37. The third kappa shape index (κ3) is 5.65. The zero-order valence-corrected chi connectivity index (χ0v) is 16.1. The van der Waals surface area contributed by atoms with E-state index in [0.717, 1.165) is 27.7 Å². The molecule has 0 bridgehead atoms. The van der Waals surface area contributed by atoms with Crippen molar-refractivity contribution in [1.29, 1.82) is 5.41 Å². The predicted octanol–water partition coefficient (Wildman–Crippen LogP) is -1.34. The maximum Gasteiger partial charge on any atom is 0.303 e. The minimum Gasteiger partial charge on any atom is -0.463 e. The molecule has 1 aliphatic rings. The first-order valence-corrected chi connectivity index (χ1v) is 8.74. The van der Waals surface area contributed by atoms with Crippen molar-refractivity contribution >= 4 is 40.6 Å². The number of Topliss-reactive ketones (excluding diaryl/α,β-unsaturated/α-hetero) is 1. The van der Waals surface area contributed by atoms with Crippen LogP contribution in [0.4, 0.5) is 0 Å². The van der Waals surface area contributed by atoms with Gasteiger partial charge in [0.05, 0.1) is 0 Å². The normalized spacial score (nSPS) is 30.1. The number of nitrogens with two attached hydrogens (primary N) is 1. The first-order chi connectivity index (χ1) is 12.4. The van der Waals surface area contributed by atoms with Crippen LogP contribution in [0.15, 0.2) is 0 Å². The minimum atomic E-state index is -2.41. The topological polar surface area (TPSA) is 178 Å². The number of ether oxygens (including phenoxy) is 3. The molecule has 1 heterocycles. The SMILES string of the molecule is CC(=O)N[C@H]1[C@H](SC(=N)N)O[C@H](COC(C)=O)[C@@H](OC(C)=O)[C@@]1(O)C(C)=O. The average Bonchev–Trinajstić information content (AvgIpc) is 2.50. The van der Waals surface area contributed by atoms with Crippen LogP contribution in [0.3, 0.4) is 0 Å². The van der Waals surface area contributed by atoms with Gasteiger partial charge in [0.15, 0.2) is 22.7 Å². The van der Waals surface area contributed by atoms with E-state index in [0.29, 0.717) is 11.8 Å². The standard InChI is InChI=1S/C15H23N3O8S/c1-6(19)15(23)11(18-7(2)20)13(27-14(16)17)26-10(5-24-8(3)21)12(15)25-9(4)22/h10-13,23H,5H2,1-4H3,(H3,16,17)(H,18,20)/t10-,11+,12-,13+,15-/m1/s1. The van der Waals surface area contributed by atoms with E-state index in [-0.39, 0.29) is 0 Å². The first-order valence-electron chi connectivity index (χ1n) is 7.86. The molecule has 1 fully saturated rings. The van der Waals surface area contributed by atoms with Gasteiger partial charge >= 0.3 is 11.9 Å². The van der Waals surface area contributed by atoms with Crippen molar-refractivity contribution < 1.29 is 38.5 Å². The highest BCUT2D eigenvalue weighted by molar-refractivity contribution is 8.14. The molecule has 27 heavy (non-hydrogen) atoms. The molecular weight excluding hydrogens is 382 g/mol. The number of esters is 2. The fourth-order valence-electron chi connectivity index (χ4n) is 2.70. The Hall–Kier alpha value is -2.18. The van der Waals surface area contributed by atoms with E-state index in [2.05, 4.69) is 5.32 Å². The number of amidine groups is 1. The molecule has 152 valence electrons. The van der Waals surface area contributed by atoms with E-state index in [4.69, 9.17) is 25.4 Å². The molecule has 5 atom stereocenters. The molecule has 0 unspecified atom stereocenters. The van der Waals surface area contributed by atoms with Gasteiger partial charge in [-0.05, 0) is 6.92 Å². The predicted molar refractivity (Wildman–Crippen MR) is 93.6 cm³/mol. The average molecular weight is 405 g/mol. The fourth-order valence-corrected chi connectivity index (χ4v) is 3.56.